The fraction of sp³-hybridized carbons (Fsp3) is 0.182. The number of aromatic nitrogens is 2. The van der Waals surface area contributed by atoms with Crippen molar-refractivity contribution in [3.8, 4) is 22.9 Å². The van der Waals surface area contributed by atoms with Crippen LogP contribution >= 0.6 is 0 Å². The molecule has 2 heterocycles. The summed E-state index contributed by atoms with van der Waals surface area (Å²) in [4.78, 5) is 4.30. The molecule has 0 fully saturated rings. The van der Waals surface area contributed by atoms with Crippen molar-refractivity contribution in [3.63, 3.8) is 0 Å². The van der Waals surface area contributed by atoms with Crippen molar-refractivity contribution in [3.05, 3.63) is 30.6 Å². The van der Waals surface area contributed by atoms with E-state index < -0.39 is 0 Å². The van der Waals surface area contributed by atoms with Gasteiger partial charge in [0.1, 0.15) is 17.3 Å². The molecular formula is C11H10N2O2. The van der Waals surface area contributed by atoms with Crippen LogP contribution in [-0.2, 0) is 6.73 Å². The molecule has 0 amide bonds. The molecule has 0 radical (unpaired) electrons. The lowest BCUT2D eigenvalue weighted by molar-refractivity contribution is 0.228. The van der Waals surface area contributed by atoms with Crippen molar-refractivity contribution < 1.29 is 9.47 Å². The van der Waals surface area contributed by atoms with Crippen molar-refractivity contribution in [2.45, 2.75) is 6.73 Å². The van der Waals surface area contributed by atoms with Crippen LogP contribution in [0.25, 0.3) is 11.4 Å². The second-order valence-corrected chi connectivity index (χ2v) is 3.36. The molecule has 0 spiro atoms. The first-order valence-corrected chi connectivity index (χ1v) is 4.71. The smallest absolute Gasteiger partial charge is 0.166 e. The SMILES string of the molecule is COc1ccc2c(c1)OCn1ccnc1-2. The normalized spacial score (nSPS) is 12.6. The van der Waals surface area contributed by atoms with Gasteiger partial charge in [0.2, 0.25) is 0 Å². The molecule has 2 aromatic rings. The molecule has 0 N–H and O–H groups in total. The van der Waals surface area contributed by atoms with E-state index in [1.54, 1.807) is 13.3 Å². The number of methoxy groups -OCH3 is 1. The Balaban J connectivity index is 2.18. The lowest BCUT2D eigenvalue weighted by Gasteiger charge is -2.19. The number of benzene rings is 1. The first-order chi connectivity index (χ1) is 7.38. The summed E-state index contributed by atoms with van der Waals surface area (Å²) in [7, 11) is 1.64. The van der Waals surface area contributed by atoms with Crippen LogP contribution in [0.4, 0.5) is 0 Å². The molecule has 1 aromatic heterocycles. The molecule has 3 rings (SSSR count). The van der Waals surface area contributed by atoms with Gasteiger partial charge in [0.05, 0.1) is 12.7 Å². The fourth-order valence-electron chi connectivity index (χ4n) is 1.73. The number of fused-ring (bicyclic) bond motifs is 3. The van der Waals surface area contributed by atoms with Crippen molar-refractivity contribution >= 4 is 0 Å². The summed E-state index contributed by atoms with van der Waals surface area (Å²) < 4.78 is 12.7. The number of imidazole rings is 1. The standard InChI is InChI=1S/C11H10N2O2/c1-14-8-2-3-9-10(6-8)15-7-13-5-4-12-11(9)13/h2-6H,7H2,1H3. The molecule has 76 valence electrons. The van der Waals surface area contributed by atoms with E-state index in [9.17, 15) is 0 Å². The van der Waals surface area contributed by atoms with E-state index in [0.717, 1.165) is 22.9 Å². The highest BCUT2D eigenvalue weighted by atomic mass is 16.5. The third kappa shape index (κ3) is 1.18. The second kappa shape index (κ2) is 3.02. The summed E-state index contributed by atoms with van der Waals surface area (Å²) in [6.45, 7) is 0.509. The summed E-state index contributed by atoms with van der Waals surface area (Å²) in [6.07, 6.45) is 3.68. The molecule has 0 aliphatic carbocycles. The van der Waals surface area contributed by atoms with E-state index in [4.69, 9.17) is 9.47 Å². The summed E-state index contributed by atoms with van der Waals surface area (Å²) in [6, 6.07) is 5.76. The fourth-order valence-corrected chi connectivity index (χ4v) is 1.73. The molecule has 0 saturated carbocycles. The van der Waals surface area contributed by atoms with Crippen LogP contribution in [0.15, 0.2) is 30.6 Å². The van der Waals surface area contributed by atoms with Gasteiger partial charge in [-0.05, 0) is 12.1 Å². The number of hydrogen-bond donors (Lipinski definition) is 0. The maximum absolute atomic E-state index is 5.59. The predicted molar refractivity (Wildman–Crippen MR) is 54.8 cm³/mol. The molecule has 0 atom stereocenters. The van der Waals surface area contributed by atoms with E-state index in [0.29, 0.717) is 6.73 Å². The number of hydrogen-bond acceptors (Lipinski definition) is 3. The van der Waals surface area contributed by atoms with Gasteiger partial charge in [-0.1, -0.05) is 0 Å². The monoisotopic (exact) mass is 202 g/mol. The number of rotatable bonds is 1. The zero-order chi connectivity index (χ0) is 10.3. The Morgan fingerprint density at radius 1 is 1.47 bits per heavy atom. The van der Waals surface area contributed by atoms with Crippen LogP contribution in [0, 0.1) is 0 Å². The maximum atomic E-state index is 5.59. The highest BCUT2D eigenvalue weighted by Crippen LogP contribution is 2.35. The van der Waals surface area contributed by atoms with Crippen LogP contribution < -0.4 is 9.47 Å². The lowest BCUT2D eigenvalue weighted by Crippen LogP contribution is -2.12. The van der Waals surface area contributed by atoms with Crippen LogP contribution in [0.5, 0.6) is 11.5 Å². The van der Waals surface area contributed by atoms with Gasteiger partial charge in [-0.3, -0.25) is 4.57 Å². The predicted octanol–water partition coefficient (Wildman–Crippen LogP) is 1.91. The lowest BCUT2D eigenvalue weighted by atomic mass is 10.1. The summed E-state index contributed by atoms with van der Waals surface area (Å²) >= 11 is 0. The van der Waals surface area contributed by atoms with Crippen molar-refractivity contribution in [2.75, 3.05) is 7.11 Å². The molecular weight excluding hydrogens is 192 g/mol. The first kappa shape index (κ1) is 8.35. The van der Waals surface area contributed by atoms with Gasteiger partial charge in [-0.2, -0.15) is 0 Å². The topological polar surface area (TPSA) is 36.3 Å². The van der Waals surface area contributed by atoms with Gasteiger partial charge in [0.25, 0.3) is 0 Å². The zero-order valence-corrected chi connectivity index (χ0v) is 8.30. The Morgan fingerprint density at radius 2 is 2.40 bits per heavy atom. The molecule has 1 aliphatic heterocycles. The van der Waals surface area contributed by atoms with E-state index in [1.165, 1.54) is 0 Å². The van der Waals surface area contributed by atoms with E-state index in [2.05, 4.69) is 4.98 Å². The van der Waals surface area contributed by atoms with E-state index in [-0.39, 0.29) is 0 Å². The molecule has 4 heteroatoms. The average Bonchev–Trinajstić information content (AvgIpc) is 2.76. The maximum Gasteiger partial charge on any atom is 0.166 e. The quantitative estimate of drug-likeness (QED) is 0.708. The third-order valence-corrected chi connectivity index (χ3v) is 2.50. The molecule has 0 unspecified atom stereocenters. The summed E-state index contributed by atoms with van der Waals surface area (Å²) in [5.41, 5.74) is 1.01. The van der Waals surface area contributed by atoms with E-state index >= 15 is 0 Å². The second-order valence-electron chi connectivity index (χ2n) is 3.36. The summed E-state index contributed by atoms with van der Waals surface area (Å²) in [5.74, 6) is 2.57. The minimum absolute atomic E-state index is 0.509. The minimum Gasteiger partial charge on any atom is -0.497 e. The molecule has 0 bridgehead atoms. The largest absolute Gasteiger partial charge is 0.497 e. The minimum atomic E-state index is 0.509. The van der Waals surface area contributed by atoms with Crippen molar-refractivity contribution in [1.82, 2.24) is 9.55 Å². The molecule has 1 aromatic carbocycles. The molecule has 15 heavy (non-hydrogen) atoms. The molecule has 4 nitrogen and oxygen atoms in total. The Kier molecular flexibility index (Phi) is 1.68. The Hall–Kier alpha value is -1.97. The van der Waals surface area contributed by atoms with Crippen LogP contribution in [-0.4, -0.2) is 16.7 Å². The number of ether oxygens (including phenoxy) is 2. The van der Waals surface area contributed by atoms with Gasteiger partial charge < -0.3 is 9.47 Å². The third-order valence-electron chi connectivity index (χ3n) is 2.50. The van der Waals surface area contributed by atoms with Crippen molar-refractivity contribution in [2.24, 2.45) is 0 Å². The summed E-state index contributed by atoms with van der Waals surface area (Å²) in [5, 5.41) is 0. The highest BCUT2D eigenvalue weighted by Gasteiger charge is 2.17. The zero-order valence-electron chi connectivity index (χ0n) is 8.30. The Bertz CT molecular complexity index is 505. The molecule has 0 saturated heterocycles. The highest BCUT2D eigenvalue weighted by molar-refractivity contribution is 5.67. The van der Waals surface area contributed by atoms with Crippen LogP contribution in [0.1, 0.15) is 0 Å². The van der Waals surface area contributed by atoms with Crippen LogP contribution in [0.3, 0.4) is 0 Å². The molecule has 1 aliphatic rings. The van der Waals surface area contributed by atoms with Gasteiger partial charge in [-0.25, -0.2) is 4.98 Å². The van der Waals surface area contributed by atoms with Gasteiger partial charge in [-0.15, -0.1) is 0 Å². The van der Waals surface area contributed by atoms with Gasteiger partial charge >= 0.3 is 0 Å². The van der Waals surface area contributed by atoms with Gasteiger partial charge in [0, 0.05) is 18.5 Å². The average molecular weight is 202 g/mol. The van der Waals surface area contributed by atoms with Gasteiger partial charge in [0.15, 0.2) is 6.73 Å². The van der Waals surface area contributed by atoms with Crippen LogP contribution in [0.2, 0.25) is 0 Å². The number of nitrogens with zero attached hydrogens (tertiary/aromatic N) is 2. The Labute approximate surface area is 87.1 Å². The van der Waals surface area contributed by atoms with E-state index in [1.807, 2.05) is 29.0 Å². The Morgan fingerprint density at radius 3 is 3.27 bits per heavy atom. The van der Waals surface area contributed by atoms with Crippen molar-refractivity contribution in [1.29, 1.82) is 0 Å². The first-order valence-electron chi connectivity index (χ1n) is 4.71.